The van der Waals surface area contributed by atoms with Gasteiger partial charge in [-0.3, -0.25) is 8.98 Å². The summed E-state index contributed by atoms with van der Waals surface area (Å²) < 4.78 is 27.8. The molecule has 4 aliphatic rings. The highest BCUT2D eigenvalue weighted by molar-refractivity contribution is 7.84. The molecule has 6 heteroatoms. The van der Waals surface area contributed by atoms with Crippen LogP contribution in [0.15, 0.2) is 0 Å². The molecule has 0 aliphatic heterocycles. The number of rotatable bonds is 3. The lowest BCUT2D eigenvalue weighted by Gasteiger charge is -2.61. The maximum absolute atomic E-state index is 12.2. The van der Waals surface area contributed by atoms with Gasteiger partial charge in [-0.05, 0) is 99.2 Å². The minimum absolute atomic E-state index is 0.199. The Kier molecular flexibility index (Phi) is 4.80. The van der Waals surface area contributed by atoms with Gasteiger partial charge in [0.25, 0.3) is 0 Å². The van der Waals surface area contributed by atoms with Crippen molar-refractivity contribution >= 4 is 16.1 Å². The highest BCUT2D eigenvalue weighted by Gasteiger charge is 2.60. The smallest absolute Gasteiger partial charge is 0.300 e. The van der Waals surface area contributed by atoms with Gasteiger partial charge in [-0.1, -0.05) is 13.8 Å². The first-order valence-corrected chi connectivity index (χ1v) is 12.2. The van der Waals surface area contributed by atoms with Crippen molar-refractivity contribution in [3.05, 3.63) is 0 Å². The molecule has 0 heterocycles. The van der Waals surface area contributed by atoms with Crippen LogP contribution in [0.4, 0.5) is 0 Å². The lowest BCUT2D eigenvalue weighted by Crippen LogP contribution is -2.54. The summed E-state index contributed by atoms with van der Waals surface area (Å²) in [7, 11) is -3.87. The van der Waals surface area contributed by atoms with E-state index in [0.29, 0.717) is 23.5 Å². The predicted octanol–water partition coefficient (Wildman–Crippen LogP) is 3.82. The zero-order chi connectivity index (χ0) is 19.6. The van der Waals surface area contributed by atoms with Crippen LogP contribution >= 0.6 is 0 Å². The van der Waals surface area contributed by atoms with E-state index in [9.17, 15) is 13.2 Å². The molecule has 2 N–H and O–H groups in total. The van der Waals surface area contributed by atoms with Crippen molar-refractivity contribution in [3.8, 4) is 0 Å². The van der Waals surface area contributed by atoms with Crippen LogP contribution in [0, 0.1) is 40.4 Å². The first kappa shape index (κ1) is 19.8. The predicted molar refractivity (Wildman–Crippen MR) is 104 cm³/mol. The summed E-state index contributed by atoms with van der Waals surface area (Å²) in [5.74, 6) is 3.28. The van der Waals surface area contributed by atoms with Crippen LogP contribution in [0.5, 0.6) is 0 Å². The third-order valence-electron chi connectivity index (χ3n) is 9.38. The van der Waals surface area contributed by atoms with Crippen molar-refractivity contribution in [2.24, 2.45) is 45.6 Å². The van der Waals surface area contributed by atoms with Crippen LogP contribution in [0.3, 0.4) is 0 Å². The normalized spacial score (nSPS) is 49.8. The Morgan fingerprint density at radius 1 is 0.963 bits per heavy atom. The van der Waals surface area contributed by atoms with Crippen molar-refractivity contribution in [1.29, 1.82) is 0 Å². The molecule has 0 saturated heterocycles. The Bertz CT molecular complexity index is 722. The quantitative estimate of drug-likeness (QED) is 0.784. The number of nitrogens with two attached hydrogens (primary N) is 1. The molecular formula is C21H35NO4S. The van der Waals surface area contributed by atoms with Crippen LogP contribution in [-0.2, 0) is 19.3 Å². The van der Waals surface area contributed by atoms with Gasteiger partial charge in [0.2, 0.25) is 0 Å². The van der Waals surface area contributed by atoms with Crippen molar-refractivity contribution in [2.75, 3.05) is 0 Å². The van der Waals surface area contributed by atoms with Gasteiger partial charge in [0, 0.05) is 5.92 Å². The zero-order valence-corrected chi connectivity index (χ0v) is 17.8. The van der Waals surface area contributed by atoms with Crippen LogP contribution in [-0.4, -0.2) is 20.3 Å². The lowest BCUT2D eigenvalue weighted by atomic mass is 9.44. The number of hydrogen-bond acceptors (Lipinski definition) is 4. The number of ketones is 1. The molecule has 8 atom stereocenters. The fraction of sp³-hybridized carbons (Fsp3) is 0.952. The SMILES string of the molecule is CC(=O)[C@H]1CC[C@H]2[C@@H]3CC[C@H]4C[C@@H](OS(N)(=O)=O)CC[C@]4(C)[C@H]3CC[C@]12C. The molecule has 0 radical (unpaired) electrons. The molecule has 0 aromatic heterocycles. The fourth-order valence-electron chi connectivity index (χ4n) is 8.16. The number of carbonyl (C=O) groups excluding carboxylic acids is 1. The molecule has 4 rings (SSSR count). The highest BCUT2D eigenvalue weighted by atomic mass is 32.2. The molecule has 0 bridgehead atoms. The van der Waals surface area contributed by atoms with E-state index in [1.54, 1.807) is 6.92 Å². The van der Waals surface area contributed by atoms with Gasteiger partial charge in [-0.25, -0.2) is 5.14 Å². The van der Waals surface area contributed by atoms with E-state index < -0.39 is 10.3 Å². The fourth-order valence-corrected chi connectivity index (χ4v) is 8.72. The molecule has 27 heavy (non-hydrogen) atoms. The molecule has 154 valence electrons. The first-order valence-electron chi connectivity index (χ1n) is 10.8. The maximum atomic E-state index is 12.2. The molecule has 0 amide bonds. The van der Waals surface area contributed by atoms with Crippen molar-refractivity contribution in [3.63, 3.8) is 0 Å². The molecule has 5 nitrogen and oxygen atoms in total. The Balaban J connectivity index is 1.53. The van der Waals surface area contributed by atoms with Gasteiger partial charge in [0.05, 0.1) is 6.10 Å². The van der Waals surface area contributed by atoms with Gasteiger partial charge in [-0.2, -0.15) is 8.42 Å². The number of Topliss-reactive ketones (excluding diaryl/α,β-unsaturated/α-hetero) is 1. The minimum Gasteiger partial charge on any atom is -0.300 e. The van der Waals surface area contributed by atoms with Crippen LogP contribution in [0.25, 0.3) is 0 Å². The molecule has 4 saturated carbocycles. The molecule has 0 unspecified atom stereocenters. The summed E-state index contributed by atoms with van der Waals surface area (Å²) in [5.41, 5.74) is 0.473. The molecular weight excluding hydrogens is 362 g/mol. The molecule has 4 aliphatic carbocycles. The van der Waals surface area contributed by atoms with Gasteiger partial charge in [0.15, 0.2) is 0 Å². The summed E-state index contributed by atoms with van der Waals surface area (Å²) in [6, 6.07) is 0. The molecule has 4 fully saturated rings. The summed E-state index contributed by atoms with van der Waals surface area (Å²) in [5, 5.41) is 5.11. The Morgan fingerprint density at radius 3 is 2.30 bits per heavy atom. The van der Waals surface area contributed by atoms with Gasteiger partial charge in [-0.15, -0.1) is 0 Å². The Morgan fingerprint density at radius 2 is 1.63 bits per heavy atom. The van der Waals surface area contributed by atoms with Gasteiger partial charge < -0.3 is 0 Å². The second-order valence-corrected chi connectivity index (χ2v) is 11.6. The number of hydrogen-bond donors (Lipinski definition) is 1. The third-order valence-corrected chi connectivity index (χ3v) is 9.92. The van der Waals surface area contributed by atoms with Crippen LogP contribution in [0.1, 0.15) is 78.6 Å². The largest absolute Gasteiger partial charge is 0.333 e. The second-order valence-electron chi connectivity index (χ2n) is 10.4. The van der Waals surface area contributed by atoms with Crippen molar-refractivity contribution in [2.45, 2.75) is 84.7 Å². The lowest BCUT2D eigenvalue weighted by molar-refractivity contribution is -0.137. The summed E-state index contributed by atoms with van der Waals surface area (Å²) >= 11 is 0. The van der Waals surface area contributed by atoms with E-state index >= 15 is 0 Å². The van der Waals surface area contributed by atoms with E-state index in [1.807, 2.05) is 0 Å². The van der Waals surface area contributed by atoms with Crippen LogP contribution in [0.2, 0.25) is 0 Å². The average Bonchev–Trinajstić information content (AvgIpc) is 2.91. The molecule has 0 spiro atoms. The Hall–Kier alpha value is -0.460. The zero-order valence-electron chi connectivity index (χ0n) is 16.9. The topological polar surface area (TPSA) is 86.5 Å². The van der Waals surface area contributed by atoms with E-state index in [2.05, 4.69) is 13.8 Å². The summed E-state index contributed by atoms with van der Waals surface area (Å²) in [6.45, 7) is 6.62. The Labute approximate surface area is 164 Å². The van der Waals surface area contributed by atoms with Crippen LogP contribution < -0.4 is 5.14 Å². The molecule has 0 aromatic rings. The third kappa shape index (κ3) is 3.20. The first-order chi connectivity index (χ1) is 12.5. The summed E-state index contributed by atoms with van der Waals surface area (Å²) in [6.07, 6.45) is 9.41. The average molecular weight is 398 g/mol. The van der Waals surface area contributed by atoms with E-state index in [1.165, 1.54) is 25.7 Å². The van der Waals surface area contributed by atoms with E-state index in [-0.39, 0.29) is 22.9 Å². The van der Waals surface area contributed by atoms with Gasteiger partial charge >= 0.3 is 10.3 Å². The number of carbonyl (C=O) groups is 1. The van der Waals surface area contributed by atoms with Gasteiger partial charge in [0.1, 0.15) is 5.78 Å². The van der Waals surface area contributed by atoms with Crippen molar-refractivity contribution < 1.29 is 17.4 Å². The second kappa shape index (κ2) is 6.53. The monoisotopic (exact) mass is 397 g/mol. The molecule has 0 aromatic carbocycles. The maximum Gasteiger partial charge on any atom is 0.333 e. The van der Waals surface area contributed by atoms with Crippen molar-refractivity contribution in [1.82, 2.24) is 0 Å². The standard InChI is InChI=1S/C21H35NO4S/c1-13(23)17-6-7-18-16-5-4-14-12-15(26-27(22,24)25)8-10-20(14,2)19(16)9-11-21(17,18)3/h14-19H,4-12H2,1-3H3,(H2,22,24,25)/t14-,15-,16-,17+,18-,19-,20-,21+/m0/s1. The minimum atomic E-state index is -3.87. The highest BCUT2D eigenvalue weighted by Crippen LogP contribution is 2.67. The summed E-state index contributed by atoms with van der Waals surface area (Å²) in [4.78, 5) is 12.2. The van der Waals surface area contributed by atoms with E-state index in [0.717, 1.165) is 38.0 Å². The van der Waals surface area contributed by atoms with E-state index in [4.69, 9.17) is 9.32 Å². The number of fused-ring (bicyclic) bond motifs is 5.